The summed E-state index contributed by atoms with van der Waals surface area (Å²) in [6.07, 6.45) is 0.670. The van der Waals surface area contributed by atoms with E-state index in [4.69, 9.17) is 5.11 Å². The lowest BCUT2D eigenvalue weighted by Gasteiger charge is -2.03. The van der Waals surface area contributed by atoms with Crippen LogP contribution in [-0.4, -0.2) is 16.1 Å². The van der Waals surface area contributed by atoms with Gasteiger partial charge in [-0.3, -0.25) is 4.79 Å². The van der Waals surface area contributed by atoms with Crippen LogP contribution in [-0.2, 0) is 11.2 Å². The van der Waals surface area contributed by atoms with Crippen LogP contribution in [0.1, 0.15) is 17.5 Å². The van der Waals surface area contributed by atoms with Gasteiger partial charge in [0.1, 0.15) is 0 Å². The number of aryl methyl sites for hydroxylation is 2. The number of nitrogens with one attached hydrogen (secondary N) is 1. The van der Waals surface area contributed by atoms with E-state index in [-0.39, 0.29) is 6.42 Å². The van der Waals surface area contributed by atoms with Crippen molar-refractivity contribution < 1.29 is 9.90 Å². The summed E-state index contributed by atoms with van der Waals surface area (Å²) in [6, 6.07) is 16.2. The van der Waals surface area contributed by atoms with Gasteiger partial charge in [0, 0.05) is 23.0 Å². The summed E-state index contributed by atoms with van der Waals surface area (Å²) < 4.78 is 0. The Morgan fingerprint density at radius 3 is 2.57 bits per heavy atom. The van der Waals surface area contributed by atoms with Crippen molar-refractivity contribution in [2.45, 2.75) is 19.8 Å². The van der Waals surface area contributed by atoms with E-state index in [1.165, 1.54) is 5.56 Å². The molecule has 0 unspecified atom stereocenters. The highest BCUT2D eigenvalue weighted by Gasteiger charge is 2.14. The highest BCUT2D eigenvalue weighted by molar-refractivity contribution is 5.93. The van der Waals surface area contributed by atoms with Gasteiger partial charge in [-0.25, -0.2) is 0 Å². The van der Waals surface area contributed by atoms with Gasteiger partial charge >= 0.3 is 5.97 Å². The van der Waals surface area contributed by atoms with E-state index in [1.807, 2.05) is 36.4 Å². The quantitative estimate of drug-likeness (QED) is 0.753. The van der Waals surface area contributed by atoms with Gasteiger partial charge in [0.25, 0.3) is 0 Å². The van der Waals surface area contributed by atoms with Gasteiger partial charge in [-0.1, -0.05) is 48.5 Å². The summed E-state index contributed by atoms with van der Waals surface area (Å²) in [7, 11) is 0. The van der Waals surface area contributed by atoms with E-state index in [2.05, 4.69) is 24.0 Å². The van der Waals surface area contributed by atoms with Crippen molar-refractivity contribution >= 4 is 16.9 Å². The Morgan fingerprint density at radius 1 is 1.10 bits per heavy atom. The zero-order chi connectivity index (χ0) is 14.8. The van der Waals surface area contributed by atoms with Crippen molar-refractivity contribution in [2.75, 3.05) is 0 Å². The lowest BCUT2D eigenvalue weighted by atomic mass is 10.0. The average Bonchev–Trinajstić information content (AvgIpc) is 2.86. The van der Waals surface area contributed by atoms with E-state index in [0.29, 0.717) is 6.42 Å². The van der Waals surface area contributed by atoms with Crippen LogP contribution in [0.15, 0.2) is 48.5 Å². The number of hydrogen-bond donors (Lipinski definition) is 2. The van der Waals surface area contributed by atoms with Crippen molar-refractivity contribution in [1.82, 2.24) is 4.98 Å². The minimum absolute atomic E-state index is 0.140. The van der Waals surface area contributed by atoms with Crippen LogP contribution >= 0.6 is 0 Å². The van der Waals surface area contributed by atoms with E-state index >= 15 is 0 Å². The Labute approximate surface area is 123 Å². The number of para-hydroxylation sites is 1. The summed E-state index contributed by atoms with van der Waals surface area (Å²) in [5, 5.41) is 10.1. The van der Waals surface area contributed by atoms with Crippen LogP contribution in [0.3, 0.4) is 0 Å². The Hall–Kier alpha value is -2.55. The first-order valence-electron chi connectivity index (χ1n) is 7.04. The second-order valence-electron chi connectivity index (χ2n) is 5.24. The molecule has 3 nitrogen and oxygen atoms in total. The first-order chi connectivity index (χ1) is 10.2. The third-order valence-electron chi connectivity index (χ3n) is 3.80. The zero-order valence-corrected chi connectivity index (χ0v) is 11.9. The van der Waals surface area contributed by atoms with Crippen molar-refractivity contribution in [3.05, 3.63) is 59.7 Å². The molecular formula is C18H17NO2. The minimum atomic E-state index is -0.768. The largest absolute Gasteiger partial charge is 0.481 e. The van der Waals surface area contributed by atoms with Crippen molar-refractivity contribution in [3.63, 3.8) is 0 Å². The zero-order valence-electron chi connectivity index (χ0n) is 11.9. The molecule has 2 N–H and O–H groups in total. The fraction of sp³-hybridized carbons (Fsp3) is 0.167. The Kier molecular flexibility index (Phi) is 3.48. The first kappa shape index (κ1) is 13.4. The van der Waals surface area contributed by atoms with Crippen molar-refractivity contribution in [2.24, 2.45) is 0 Å². The molecule has 3 aromatic rings. The molecule has 2 aromatic carbocycles. The number of aromatic amines is 1. The number of benzene rings is 2. The predicted octanol–water partition coefficient (Wildman–Crippen LogP) is 4.16. The van der Waals surface area contributed by atoms with Crippen molar-refractivity contribution in [3.8, 4) is 11.3 Å². The SMILES string of the molecule is Cc1cccc2c(CCC(=O)O)c(-c3ccccc3)[nH]c12. The number of hydrogen-bond acceptors (Lipinski definition) is 1. The third-order valence-corrected chi connectivity index (χ3v) is 3.80. The standard InChI is InChI=1S/C18H17NO2/c1-12-6-5-9-14-15(10-11-16(20)21)18(19-17(12)14)13-7-3-2-4-8-13/h2-9,19H,10-11H2,1H3,(H,20,21). The van der Waals surface area contributed by atoms with Gasteiger partial charge in [0.15, 0.2) is 0 Å². The molecule has 21 heavy (non-hydrogen) atoms. The Bertz CT molecular complexity index is 788. The Balaban J connectivity index is 2.20. The van der Waals surface area contributed by atoms with Crippen LogP contribution in [0.2, 0.25) is 0 Å². The maximum atomic E-state index is 10.9. The molecule has 106 valence electrons. The molecule has 0 radical (unpaired) electrons. The fourth-order valence-corrected chi connectivity index (χ4v) is 2.76. The van der Waals surface area contributed by atoms with Crippen LogP contribution in [0.5, 0.6) is 0 Å². The second kappa shape index (κ2) is 5.44. The second-order valence-corrected chi connectivity index (χ2v) is 5.24. The highest BCUT2D eigenvalue weighted by Crippen LogP contribution is 2.32. The first-order valence-corrected chi connectivity index (χ1v) is 7.04. The van der Waals surface area contributed by atoms with Gasteiger partial charge in [-0.2, -0.15) is 0 Å². The molecule has 0 bridgehead atoms. The highest BCUT2D eigenvalue weighted by atomic mass is 16.4. The fourth-order valence-electron chi connectivity index (χ4n) is 2.76. The molecule has 1 heterocycles. The van der Waals surface area contributed by atoms with Crippen LogP contribution < -0.4 is 0 Å². The normalized spacial score (nSPS) is 10.9. The third kappa shape index (κ3) is 2.55. The number of aromatic nitrogens is 1. The Morgan fingerprint density at radius 2 is 1.86 bits per heavy atom. The molecule has 3 heteroatoms. The van der Waals surface area contributed by atoms with Gasteiger partial charge < -0.3 is 10.1 Å². The summed E-state index contributed by atoms with van der Waals surface area (Å²) in [4.78, 5) is 14.4. The van der Waals surface area contributed by atoms with Crippen molar-refractivity contribution in [1.29, 1.82) is 0 Å². The number of aliphatic carboxylic acids is 1. The smallest absolute Gasteiger partial charge is 0.303 e. The van der Waals surface area contributed by atoms with E-state index in [1.54, 1.807) is 0 Å². The summed E-state index contributed by atoms with van der Waals surface area (Å²) >= 11 is 0. The molecule has 0 amide bonds. The number of H-pyrrole nitrogens is 1. The summed E-state index contributed by atoms with van der Waals surface area (Å²) in [5.74, 6) is -0.768. The molecule has 0 saturated heterocycles. The molecule has 1 aromatic heterocycles. The molecule has 0 aliphatic rings. The number of carbonyl (C=O) groups is 1. The molecular weight excluding hydrogens is 262 g/mol. The monoisotopic (exact) mass is 279 g/mol. The lowest BCUT2D eigenvalue weighted by Crippen LogP contribution is -1.98. The van der Waals surface area contributed by atoms with Crippen LogP contribution in [0.25, 0.3) is 22.2 Å². The number of carboxylic acid groups (broad SMARTS) is 1. The molecule has 0 atom stereocenters. The maximum absolute atomic E-state index is 10.9. The number of rotatable bonds is 4. The van der Waals surface area contributed by atoms with Gasteiger partial charge in [0.2, 0.25) is 0 Å². The van der Waals surface area contributed by atoms with Crippen LogP contribution in [0.4, 0.5) is 0 Å². The maximum Gasteiger partial charge on any atom is 0.303 e. The van der Waals surface area contributed by atoms with E-state index < -0.39 is 5.97 Å². The van der Waals surface area contributed by atoms with Gasteiger partial charge in [-0.15, -0.1) is 0 Å². The lowest BCUT2D eigenvalue weighted by molar-refractivity contribution is -0.136. The minimum Gasteiger partial charge on any atom is -0.481 e. The number of fused-ring (bicyclic) bond motifs is 1. The molecule has 0 aliphatic carbocycles. The average molecular weight is 279 g/mol. The summed E-state index contributed by atoms with van der Waals surface area (Å²) in [6.45, 7) is 2.06. The topological polar surface area (TPSA) is 53.1 Å². The molecule has 3 rings (SSSR count). The van der Waals surface area contributed by atoms with Crippen LogP contribution in [0, 0.1) is 6.92 Å². The van der Waals surface area contributed by atoms with E-state index in [0.717, 1.165) is 27.7 Å². The van der Waals surface area contributed by atoms with Gasteiger partial charge in [0.05, 0.1) is 0 Å². The van der Waals surface area contributed by atoms with E-state index in [9.17, 15) is 4.79 Å². The predicted molar refractivity (Wildman–Crippen MR) is 84.4 cm³/mol. The summed E-state index contributed by atoms with van der Waals surface area (Å²) in [5.41, 5.74) is 5.47. The molecule has 0 saturated carbocycles. The molecule has 0 spiro atoms. The molecule has 0 fully saturated rings. The van der Waals surface area contributed by atoms with Gasteiger partial charge in [-0.05, 0) is 30.0 Å². The number of carboxylic acids is 1. The molecule has 0 aliphatic heterocycles.